The summed E-state index contributed by atoms with van der Waals surface area (Å²) in [5.41, 5.74) is 0. The Balaban J connectivity index is 5.24. The summed E-state index contributed by atoms with van der Waals surface area (Å²) in [4.78, 5) is 73.0. The molecule has 3 N–H and O–H groups in total. The van der Waals surface area contributed by atoms with Gasteiger partial charge in [-0.25, -0.2) is 9.13 Å². The van der Waals surface area contributed by atoms with Crippen molar-refractivity contribution in [3.63, 3.8) is 0 Å². The molecule has 0 heterocycles. The van der Waals surface area contributed by atoms with Gasteiger partial charge in [-0.2, -0.15) is 0 Å². The molecule has 0 aliphatic heterocycles. The van der Waals surface area contributed by atoms with E-state index in [2.05, 4.69) is 41.5 Å². The van der Waals surface area contributed by atoms with Gasteiger partial charge in [0.05, 0.1) is 26.4 Å². The van der Waals surface area contributed by atoms with Gasteiger partial charge in [0.1, 0.15) is 19.3 Å². The quantitative estimate of drug-likeness (QED) is 0.0222. The first-order valence-corrected chi connectivity index (χ1v) is 44.5. The molecule has 3 unspecified atom stereocenters. The lowest BCUT2D eigenvalue weighted by molar-refractivity contribution is -0.161. The highest BCUT2D eigenvalue weighted by Crippen LogP contribution is 2.45. The molecule has 0 saturated heterocycles. The molecular weight excluding hydrogens is 1290 g/mol. The van der Waals surface area contributed by atoms with E-state index in [0.717, 1.165) is 102 Å². The van der Waals surface area contributed by atoms with Crippen LogP contribution < -0.4 is 0 Å². The molecule has 0 bridgehead atoms. The summed E-state index contributed by atoms with van der Waals surface area (Å²) in [6.45, 7) is 9.65. The van der Waals surface area contributed by atoms with Crippen molar-refractivity contribution in [3.05, 3.63) is 0 Å². The summed E-state index contributed by atoms with van der Waals surface area (Å²) < 4.78 is 68.7. The zero-order chi connectivity index (χ0) is 72.8. The number of hydrogen-bond acceptors (Lipinski definition) is 15. The summed E-state index contributed by atoms with van der Waals surface area (Å²) in [6.07, 6.45) is 61.0. The van der Waals surface area contributed by atoms with Gasteiger partial charge in [0.25, 0.3) is 0 Å². The van der Waals surface area contributed by atoms with Crippen molar-refractivity contribution in [2.24, 2.45) is 11.8 Å². The van der Waals surface area contributed by atoms with Crippen LogP contribution in [0.25, 0.3) is 0 Å². The predicted molar refractivity (Wildman–Crippen MR) is 405 cm³/mol. The molecule has 0 radical (unpaired) electrons. The van der Waals surface area contributed by atoms with Gasteiger partial charge in [0.15, 0.2) is 12.2 Å². The molecule has 0 aromatic carbocycles. The average molecular weight is 1450 g/mol. The maximum absolute atomic E-state index is 13.1. The Morgan fingerprint density at radius 2 is 0.515 bits per heavy atom. The van der Waals surface area contributed by atoms with Gasteiger partial charge in [-0.3, -0.25) is 37.3 Å². The van der Waals surface area contributed by atoms with E-state index < -0.39 is 97.5 Å². The maximum Gasteiger partial charge on any atom is 0.472 e. The summed E-state index contributed by atoms with van der Waals surface area (Å²) in [6, 6.07) is 0. The van der Waals surface area contributed by atoms with Gasteiger partial charge in [-0.05, 0) is 37.5 Å². The molecule has 0 aromatic rings. The molecule has 99 heavy (non-hydrogen) atoms. The van der Waals surface area contributed by atoms with Crippen LogP contribution in [0.5, 0.6) is 0 Å². The molecular formula is C80H156O17P2. The van der Waals surface area contributed by atoms with Crippen LogP contribution >= 0.6 is 15.6 Å². The Kier molecular flexibility index (Phi) is 70.3. The van der Waals surface area contributed by atoms with Crippen LogP contribution in [-0.4, -0.2) is 96.7 Å². The molecule has 0 aliphatic carbocycles. The van der Waals surface area contributed by atoms with E-state index >= 15 is 0 Å². The molecule has 6 atom stereocenters. The molecule has 0 saturated carbocycles. The van der Waals surface area contributed by atoms with Crippen LogP contribution in [0.2, 0.25) is 0 Å². The lowest BCUT2D eigenvalue weighted by Gasteiger charge is -2.21. The standard InChI is InChI=1S/C80H156O17P2/c1-7-10-12-14-16-18-20-21-22-23-24-25-26-31-35-39-46-52-58-64-79(84)96-75(68-91-78(83)63-57-51-45-38-34-30-28-27-29-33-36-42-48-54-60-72(4)5)70-94-98(86,87)92-66-74(81)67-93-99(88,89)95-71-76(69-90-77(82)62-56-50-44-37-32-19-17-15-13-11-8-2)97-80(85)65-59-53-47-41-40-43-49-55-61-73(6)9-3/h72-76,81H,7-71H2,1-6H3,(H,86,87)(H,88,89)/t73?,74-,75-,76-/m1/s1. The van der Waals surface area contributed by atoms with Crippen LogP contribution in [0, 0.1) is 11.8 Å². The van der Waals surface area contributed by atoms with Gasteiger partial charge >= 0.3 is 39.5 Å². The lowest BCUT2D eigenvalue weighted by Crippen LogP contribution is -2.30. The fourth-order valence-electron chi connectivity index (χ4n) is 12.3. The van der Waals surface area contributed by atoms with Crippen molar-refractivity contribution in [3.8, 4) is 0 Å². The zero-order valence-corrected chi connectivity index (χ0v) is 66.6. The van der Waals surface area contributed by atoms with E-state index in [4.69, 9.17) is 37.0 Å². The predicted octanol–water partition coefficient (Wildman–Crippen LogP) is 23.9. The van der Waals surface area contributed by atoms with Gasteiger partial charge < -0.3 is 33.8 Å². The van der Waals surface area contributed by atoms with Gasteiger partial charge in [-0.1, -0.05) is 369 Å². The van der Waals surface area contributed by atoms with Crippen LogP contribution in [-0.2, 0) is 65.4 Å². The molecule has 19 heteroatoms. The Bertz CT molecular complexity index is 1910. The number of phosphoric acid groups is 2. The molecule has 17 nitrogen and oxygen atoms in total. The van der Waals surface area contributed by atoms with Crippen LogP contribution in [0.4, 0.5) is 0 Å². The van der Waals surface area contributed by atoms with Crippen molar-refractivity contribution < 1.29 is 80.2 Å². The van der Waals surface area contributed by atoms with E-state index in [0.29, 0.717) is 25.7 Å². The maximum atomic E-state index is 13.1. The summed E-state index contributed by atoms with van der Waals surface area (Å²) in [5.74, 6) is -0.542. The zero-order valence-electron chi connectivity index (χ0n) is 64.8. The largest absolute Gasteiger partial charge is 0.472 e. The Morgan fingerprint density at radius 3 is 0.768 bits per heavy atom. The van der Waals surface area contributed by atoms with Gasteiger partial charge in [0, 0.05) is 25.7 Å². The van der Waals surface area contributed by atoms with Crippen molar-refractivity contribution in [1.29, 1.82) is 0 Å². The molecule has 588 valence electrons. The summed E-state index contributed by atoms with van der Waals surface area (Å²) in [7, 11) is -9.92. The monoisotopic (exact) mass is 1450 g/mol. The van der Waals surface area contributed by atoms with E-state index in [-0.39, 0.29) is 25.7 Å². The van der Waals surface area contributed by atoms with Crippen molar-refractivity contribution in [2.75, 3.05) is 39.6 Å². The minimum atomic E-state index is -4.96. The third-order valence-corrected chi connectivity index (χ3v) is 21.0. The highest BCUT2D eigenvalue weighted by atomic mass is 31.2. The van der Waals surface area contributed by atoms with Crippen LogP contribution in [0.3, 0.4) is 0 Å². The van der Waals surface area contributed by atoms with Crippen LogP contribution in [0.1, 0.15) is 420 Å². The second-order valence-corrected chi connectivity index (χ2v) is 32.4. The Labute approximate surface area is 607 Å². The number of phosphoric ester groups is 2. The number of unbranched alkanes of at least 4 members (excludes halogenated alkanes) is 48. The lowest BCUT2D eigenvalue weighted by atomic mass is 9.99. The van der Waals surface area contributed by atoms with E-state index in [1.165, 1.54) is 238 Å². The number of esters is 4. The number of aliphatic hydroxyl groups is 1. The average Bonchev–Trinajstić information content (AvgIpc) is 3.12. The SMILES string of the molecule is CCCCCCCCCCCCCCCCCCCCCC(=O)O[C@H](COC(=O)CCCCCCCCCCCCCCCCC(C)C)COP(=O)(O)OC[C@@H](O)COP(=O)(O)OC[C@@H](COC(=O)CCCCCCCCCCCCC)OC(=O)CCCCCCCCCCC(C)CC. The van der Waals surface area contributed by atoms with Crippen molar-refractivity contribution >= 4 is 39.5 Å². The number of rotatable bonds is 79. The first-order chi connectivity index (χ1) is 47.9. The van der Waals surface area contributed by atoms with E-state index in [1.54, 1.807) is 0 Å². The topological polar surface area (TPSA) is 237 Å². The number of carbonyl (C=O) groups excluding carboxylic acids is 4. The minimum Gasteiger partial charge on any atom is -0.462 e. The molecule has 0 fully saturated rings. The van der Waals surface area contributed by atoms with E-state index in [9.17, 15) is 43.2 Å². The number of carbonyl (C=O) groups is 4. The Morgan fingerprint density at radius 1 is 0.293 bits per heavy atom. The molecule has 0 amide bonds. The van der Waals surface area contributed by atoms with E-state index in [1.807, 2.05) is 0 Å². The molecule has 0 rings (SSSR count). The fraction of sp³-hybridized carbons (Fsp3) is 0.950. The normalized spacial score (nSPS) is 14.2. The minimum absolute atomic E-state index is 0.105. The third-order valence-electron chi connectivity index (χ3n) is 19.1. The number of hydrogen-bond donors (Lipinski definition) is 3. The first kappa shape index (κ1) is 97.1. The van der Waals surface area contributed by atoms with Gasteiger partial charge in [0.2, 0.25) is 0 Å². The van der Waals surface area contributed by atoms with Crippen molar-refractivity contribution in [1.82, 2.24) is 0 Å². The second kappa shape index (κ2) is 71.7. The summed E-state index contributed by atoms with van der Waals surface area (Å²) in [5, 5.41) is 10.6. The first-order valence-electron chi connectivity index (χ1n) is 41.5. The molecule has 0 spiro atoms. The second-order valence-electron chi connectivity index (χ2n) is 29.5. The fourth-order valence-corrected chi connectivity index (χ4v) is 13.9. The Hall–Kier alpha value is -1.94. The van der Waals surface area contributed by atoms with Crippen molar-refractivity contribution in [2.45, 2.75) is 439 Å². The molecule has 0 aromatic heterocycles. The number of aliphatic hydroxyl groups excluding tert-OH is 1. The highest BCUT2D eigenvalue weighted by molar-refractivity contribution is 7.47. The molecule has 0 aliphatic rings. The third kappa shape index (κ3) is 72.8. The highest BCUT2D eigenvalue weighted by Gasteiger charge is 2.30. The summed E-state index contributed by atoms with van der Waals surface area (Å²) >= 11 is 0. The van der Waals surface area contributed by atoms with Gasteiger partial charge in [-0.15, -0.1) is 0 Å². The smallest absolute Gasteiger partial charge is 0.462 e. The number of ether oxygens (including phenoxy) is 4. The van der Waals surface area contributed by atoms with Crippen LogP contribution in [0.15, 0.2) is 0 Å².